The average Bonchev–Trinajstić information content (AvgIpc) is 2.80. The Labute approximate surface area is 109 Å². The minimum Gasteiger partial charge on any atom is -0.325 e. The largest absolute Gasteiger partial charge is 0.325 e. The molecule has 0 amide bonds. The van der Waals surface area contributed by atoms with Crippen LogP contribution in [0.2, 0.25) is 0 Å². The highest BCUT2D eigenvalue weighted by Gasteiger charge is 2.20. The first-order chi connectivity index (χ1) is 8.11. The van der Waals surface area contributed by atoms with Crippen molar-refractivity contribution in [2.45, 2.75) is 39.5 Å². The highest BCUT2D eigenvalue weighted by Crippen LogP contribution is 2.39. The SMILES string of the molecule is CC(C)c1cccc(C(C)C)c1N1[C]SC=C1. The Morgan fingerprint density at radius 1 is 1.06 bits per heavy atom. The highest BCUT2D eigenvalue weighted by atomic mass is 32.2. The first kappa shape index (κ1) is 12.6. The van der Waals surface area contributed by atoms with Crippen LogP contribution < -0.4 is 4.90 Å². The molecule has 2 rings (SSSR count). The van der Waals surface area contributed by atoms with Gasteiger partial charge in [0.25, 0.3) is 0 Å². The molecule has 0 spiro atoms. The molecule has 0 aromatic heterocycles. The van der Waals surface area contributed by atoms with Crippen molar-refractivity contribution < 1.29 is 0 Å². The maximum atomic E-state index is 3.30. The maximum Gasteiger partial charge on any atom is 0.168 e. The number of rotatable bonds is 3. The van der Waals surface area contributed by atoms with Gasteiger partial charge in [0, 0.05) is 11.9 Å². The summed E-state index contributed by atoms with van der Waals surface area (Å²) in [5.41, 5.74) is 4.12. The summed E-state index contributed by atoms with van der Waals surface area (Å²) in [5, 5.41) is 2.07. The standard InChI is InChI=1S/C15H19NS/c1-11(2)13-6-5-7-14(12(3)4)15(13)16-8-9-17-10-16/h5-9,11-12H,1-4H3. The first-order valence-electron chi connectivity index (χ1n) is 6.11. The number of hydrogen-bond donors (Lipinski definition) is 0. The summed E-state index contributed by atoms with van der Waals surface area (Å²) >= 11 is 1.61. The fourth-order valence-corrected chi connectivity index (χ4v) is 2.63. The predicted molar refractivity (Wildman–Crippen MR) is 77.1 cm³/mol. The van der Waals surface area contributed by atoms with E-state index in [4.69, 9.17) is 0 Å². The predicted octanol–water partition coefficient (Wildman–Crippen LogP) is 4.95. The lowest BCUT2D eigenvalue weighted by molar-refractivity contribution is 0.829. The third kappa shape index (κ3) is 2.52. The summed E-state index contributed by atoms with van der Waals surface area (Å²) in [4.78, 5) is 2.13. The molecule has 0 unspecified atom stereocenters. The monoisotopic (exact) mass is 245 g/mol. The fraction of sp³-hybridized carbons (Fsp3) is 0.400. The van der Waals surface area contributed by atoms with Crippen LogP contribution in [0.3, 0.4) is 0 Å². The molecule has 2 heteroatoms. The van der Waals surface area contributed by atoms with Crippen molar-refractivity contribution in [3.05, 3.63) is 46.8 Å². The lowest BCUT2D eigenvalue weighted by Crippen LogP contribution is -2.13. The van der Waals surface area contributed by atoms with Gasteiger partial charge < -0.3 is 4.90 Å². The number of anilines is 1. The van der Waals surface area contributed by atoms with Gasteiger partial charge in [-0.3, -0.25) is 0 Å². The van der Waals surface area contributed by atoms with Crippen LogP contribution in [0.4, 0.5) is 5.69 Å². The molecule has 2 radical (unpaired) electrons. The van der Waals surface area contributed by atoms with Gasteiger partial charge in [0.15, 0.2) is 5.88 Å². The zero-order valence-corrected chi connectivity index (χ0v) is 11.7. The molecule has 0 aliphatic carbocycles. The van der Waals surface area contributed by atoms with E-state index >= 15 is 0 Å². The lowest BCUT2D eigenvalue weighted by atomic mass is 9.92. The molecule has 0 saturated heterocycles. The van der Waals surface area contributed by atoms with Crippen LogP contribution in [0.15, 0.2) is 29.8 Å². The van der Waals surface area contributed by atoms with Crippen LogP contribution in [0, 0.1) is 5.88 Å². The lowest BCUT2D eigenvalue weighted by Gasteiger charge is -2.25. The molecule has 1 aromatic rings. The summed E-state index contributed by atoms with van der Waals surface area (Å²) in [5.74, 6) is 4.37. The molecular weight excluding hydrogens is 226 g/mol. The van der Waals surface area contributed by atoms with Crippen molar-refractivity contribution >= 4 is 17.4 Å². The number of para-hydroxylation sites is 1. The van der Waals surface area contributed by atoms with E-state index in [1.807, 2.05) is 0 Å². The zero-order valence-electron chi connectivity index (χ0n) is 10.9. The van der Waals surface area contributed by atoms with Gasteiger partial charge in [-0.1, -0.05) is 57.7 Å². The second kappa shape index (κ2) is 5.18. The van der Waals surface area contributed by atoms with E-state index in [9.17, 15) is 0 Å². The molecule has 1 heterocycles. The molecule has 0 atom stereocenters. The Hall–Kier alpha value is -0.890. The van der Waals surface area contributed by atoms with Crippen molar-refractivity contribution in [2.75, 3.05) is 4.90 Å². The molecule has 0 fully saturated rings. The van der Waals surface area contributed by atoms with Crippen molar-refractivity contribution in [1.29, 1.82) is 0 Å². The van der Waals surface area contributed by atoms with Crippen molar-refractivity contribution in [2.24, 2.45) is 0 Å². The summed E-state index contributed by atoms with van der Waals surface area (Å²) in [7, 11) is 0. The van der Waals surface area contributed by atoms with Crippen LogP contribution in [0.1, 0.15) is 50.7 Å². The van der Waals surface area contributed by atoms with E-state index in [0.717, 1.165) is 0 Å². The molecule has 1 nitrogen and oxygen atoms in total. The number of thioether (sulfide) groups is 1. The molecule has 90 valence electrons. The van der Waals surface area contributed by atoms with Crippen LogP contribution in [-0.4, -0.2) is 0 Å². The fourth-order valence-electron chi connectivity index (χ4n) is 2.12. The third-order valence-corrected chi connectivity index (χ3v) is 3.57. The van der Waals surface area contributed by atoms with Gasteiger partial charge in [-0.25, -0.2) is 0 Å². The average molecular weight is 245 g/mol. The van der Waals surface area contributed by atoms with E-state index in [1.165, 1.54) is 16.8 Å². The number of nitrogens with zero attached hydrogens (tertiary/aromatic N) is 1. The Balaban J connectivity index is 2.53. The zero-order chi connectivity index (χ0) is 12.4. The van der Waals surface area contributed by atoms with Gasteiger partial charge in [-0.2, -0.15) is 0 Å². The molecule has 1 aromatic carbocycles. The number of hydrogen-bond acceptors (Lipinski definition) is 2. The van der Waals surface area contributed by atoms with Gasteiger partial charge in [-0.05, 0) is 28.4 Å². The first-order valence-corrected chi connectivity index (χ1v) is 6.99. The molecule has 1 aliphatic heterocycles. The van der Waals surface area contributed by atoms with Crippen LogP contribution in [0.5, 0.6) is 0 Å². The summed E-state index contributed by atoms with van der Waals surface area (Å²) in [6.45, 7) is 8.98. The second-order valence-corrected chi connectivity index (χ2v) is 5.65. The normalized spacial score (nSPS) is 15.3. The smallest absolute Gasteiger partial charge is 0.168 e. The van der Waals surface area contributed by atoms with E-state index in [0.29, 0.717) is 11.8 Å². The van der Waals surface area contributed by atoms with E-state index in [1.54, 1.807) is 11.8 Å². The van der Waals surface area contributed by atoms with Crippen molar-refractivity contribution in [3.63, 3.8) is 0 Å². The molecule has 17 heavy (non-hydrogen) atoms. The highest BCUT2D eigenvalue weighted by molar-refractivity contribution is 8.04. The van der Waals surface area contributed by atoms with E-state index < -0.39 is 0 Å². The third-order valence-electron chi connectivity index (χ3n) is 3.01. The Kier molecular flexibility index (Phi) is 3.82. The van der Waals surface area contributed by atoms with E-state index in [-0.39, 0.29) is 0 Å². The van der Waals surface area contributed by atoms with E-state index in [2.05, 4.69) is 68.3 Å². The molecule has 1 aliphatic rings. The van der Waals surface area contributed by atoms with Crippen molar-refractivity contribution in [1.82, 2.24) is 0 Å². The molecule has 0 bridgehead atoms. The summed E-state index contributed by atoms with van der Waals surface area (Å²) in [6, 6.07) is 6.62. The quantitative estimate of drug-likeness (QED) is 0.741. The second-order valence-electron chi connectivity index (χ2n) is 4.96. The van der Waals surface area contributed by atoms with Gasteiger partial charge in [0.05, 0.1) is 0 Å². The Bertz CT molecular complexity index is 395. The van der Waals surface area contributed by atoms with Gasteiger partial charge in [0.2, 0.25) is 0 Å². The summed E-state index contributed by atoms with van der Waals surface area (Å²) in [6.07, 6.45) is 2.10. The van der Waals surface area contributed by atoms with Gasteiger partial charge in [-0.15, -0.1) is 0 Å². The minimum atomic E-state index is 0.532. The van der Waals surface area contributed by atoms with Crippen LogP contribution >= 0.6 is 11.8 Å². The topological polar surface area (TPSA) is 3.24 Å². The van der Waals surface area contributed by atoms with Crippen LogP contribution in [-0.2, 0) is 0 Å². The molecule has 0 N–H and O–H groups in total. The van der Waals surface area contributed by atoms with Crippen molar-refractivity contribution in [3.8, 4) is 0 Å². The van der Waals surface area contributed by atoms with Gasteiger partial charge >= 0.3 is 0 Å². The Morgan fingerprint density at radius 3 is 2.06 bits per heavy atom. The van der Waals surface area contributed by atoms with Crippen LogP contribution in [0.25, 0.3) is 0 Å². The number of benzene rings is 1. The maximum absolute atomic E-state index is 3.30. The molecule has 0 saturated carbocycles. The Morgan fingerprint density at radius 2 is 1.65 bits per heavy atom. The van der Waals surface area contributed by atoms with Gasteiger partial charge in [0.1, 0.15) is 0 Å². The summed E-state index contributed by atoms with van der Waals surface area (Å²) < 4.78 is 0. The molecular formula is C15H19NS. The minimum absolute atomic E-state index is 0.532.